The van der Waals surface area contributed by atoms with Crippen molar-refractivity contribution >= 4 is 27.9 Å². The average Bonchev–Trinajstić information content (AvgIpc) is 3.59. The standard InChI is InChI=1S/C32H32F2N6O4/c33-32(34)40-27-14-20(4-5-23(27)16-35-40)19-44-30-3-1-2-25(37-30)21-8-11-38(12-9-21)18-29-36-26-7-6-22(31(41)42)15-28(26)39(29)17-24-10-13-43-24/h1-7,14-16,21,24,32H,8-13,17-19H2,(H,41,42)/t24-/m0/s1. The molecule has 0 aliphatic carbocycles. The van der Waals surface area contributed by atoms with Crippen LogP contribution in [0.5, 0.6) is 5.88 Å². The van der Waals surface area contributed by atoms with E-state index in [1.165, 1.54) is 6.20 Å². The Morgan fingerprint density at radius 2 is 1.89 bits per heavy atom. The molecule has 44 heavy (non-hydrogen) atoms. The molecule has 5 aromatic rings. The molecule has 10 nitrogen and oxygen atoms in total. The fraction of sp³-hybridized carbons (Fsp3) is 0.375. The van der Waals surface area contributed by atoms with Crippen molar-refractivity contribution < 1.29 is 28.2 Å². The van der Waals surface area contributed by atoms with E-state index in [0.717, 1.165) is 67.1 Å². The molecule has 12 heteroatoms. The van der Waals surface area contributed by atoms with Crippen LogP contribution in [0, 0.1) is 0 Å². The Morgan fingerprint density at radius 3 is 2.64 bits per heavy atom. The van der Waals surface area contributed by atoms with Gasteiger partial charge in [-0.3, -0.25) is 4.90 Å². The number of fused-ring (bicyclic) bond motifs is 2. The number of hydrogen-bond donors (Lipinski definition) is 1. The molecule has 7 rings (SSSR count). The van der Waals surface area contributed by atoms with Gasteiger partial charge in [0.1, 0.15) is 12.4 Å². The first kappa shape index (κ1) is 28.4. The minimum Gasteiger partial charge on any atom is -0.478 e. The van der Waals surface area contributed by atoms with Crippen LogP contribution in [-0.4, -0.2) is 66.1 Å². The number of rotatable bonds is 10. The van der Waals surface area contributed by atoms with Crippen molar-refractivity contribution in [3.05, 3.63) is 83.4 Å². The van der Waals surface area contributed by atoms with E-state index >= 15 is 0 Å². The third kappa shape index (κ3) is 5.74. The van der Waals surface area contributed by atoms with E-state index in [9.17, 15) is 18.7 Å². The number of ether oxygens (including phenoxy) is 2. The normalized spacial score (nSPS) is 17.8. The van der Waals surface area contributed by atoms with Crippen LogP contribution in [0.1, 0.15) is 59.2 Å². The van der Waals surface area contributed by atoms with Crippen LogP contribution in [0.4, 0.5) is 8.78 Å². The zero-order valence-electron chi connectivity index (χ0n) is 24.0. The first-order valence-corrected chi connectivity index (χ1v) is 14.8. The number of alkyl halides is 2. The molecule has 228 valence electrons. The van der Waals surface area contributed by atoms with Crippen molar-refractivity contribution in [1.29, 1.82) is 0 Å². The lowest BCUT2D eigenvalue weighted by atomic mass is 9.93. The number of piperidine rings is 1. The second-order valence-corrected chi connectivity index (χ2v) is 11.4. The van der Waals surface area contributed by atoms with Gasteiger partial charge in [0, 0.05) is 29.7 Å². The van der Waals surface area contributed by atoms with Gasteiger partial charge in [-0.25, -0.2) is 19.4 Å². The lowest BCUT2D eigenvalue weighted by molar-refractivity contribution is -0.0592. The van der Waals surface area contributed by atoms with Crippen molar-refractivity contribution in [3.63, 3.8) is 0 Å². The molecule has 0 unspecified atom stereocenters. The van der Waals surface area contributed by atoms with E-state index < -0.39 is 12.5 Å². The van der Waals surface area contributed by atoms with Gasteiger partial charge in [-0.15, -0.1) is 0 Å². The van der Waals surface area contributed by atoms with Crippen molar-refractivity contribution in [2.45, 2.75) is 57.5 Å². The number of likely N-dealkylation sites (tertiary alicyclic amines) is 1. The van der Waals surface area contributed by atoms with E-state index in [1.54, 1.807) is 30.3 Å². The van der Waals surface area contributed by atoms with Gasteiger partial charge in [0.2, 0.25) is 5.88 Å². The zero-order valence-corrected chi connectivity index (χ0v) is 24.0. The van der Waals surface area contributed by atoms with Crippen LogP contribution in [0.15, 0.2) is 60.8 Å². The molecular formula is C32H32F2N6O4. The smallest absolute Gasteiger partial charge is 0.335 e. The Balaban J connectivity index is 0.997. The van der Waals surface area contributed by atoms with Crippen molar-refractivity contribution in [2.75, 3.05) is 19.7 Å². The summed E-state index contributed by atoms with van der Waals surface area (Å²) in [7, 11) is 0. The topological polar surface area (TPSA) is 108 Å². The Morgan fingerprint density at radius 1 is 1.05 bits per heavy atom. The number of hydrogen-bond acceptors (Lipinski definition) is 7. The fourth-order valence-corrected chi connectivity index (χ4v) is 6.07. The lowest BCUT2D eigenvalue weighted by Gasteiger charge is -2.32. The molecule has 2 fully saturated rings. The quantitative estimate of drug-likeness (QED) is 0.220. The van der Waals surface area contributed by atoms with Gasteiger partial charge in [-0.05, 0) is 68.2 Å². The van der Waals surface area contributed by atoms with Crippen LogP contribution in [-0.2, 0) is 24.4 Å². The first-order valence-electron chi connectivity index (χ1n) is 14.8. The molecule has 1 N–H and O–H groups in total. The Kier molecular flexibility index (Phi) is 7.69. The highest BCUT2D eigenvalue weighted by molar-refractivity contribution is 5.92. The highest BCUT2D eigenvalue weighted by Crippen LogP contribution is 2.30. The van der Waals surface area contributed by atoms with Crippen molar-refractivity contribution in [3.8, 4) is 5.88 Å². The second kappa shape index (κ2) is 11.9. The van der Waals surface area contributed by atoms with Gasteiger partial charge < -0.3 is 19.1 Å². The highest BCUT2D eigenvalue weighted by atomic mass is 19.3. The summed E-state index contributed by atoms with van der Waals surface area (Å²) in [5, 5.41) is 13.9. The number of aromatic carboxylic acids is 1. The number of pyridine rings is 1. The maximum Gasteiger partial charge on any atom is 0.335 e. The van der Waals surface area contributed by atoms with Gasteiger partial charge >= 0.3 is 12.5 Å². The molecule has 2 aliphatic rings. The number of carboxylic acids is 1. The van der Waals surface area contributed by atoms with E-state index in [-0.39, 0.29) is 24.2 Å². The number of nitrogens with zero attached hydrogens (tertiary/aromatic N) is 6. The van der Waals surface area contributed by atoms with Gasteiger partial charge in [-0.1, -0.05) is 18.2 Å². The van der Waals surface area contributed by atoms with Gasteiger partial charge in [0.25, 0.3) is 0 Å². The molecule has 5 heterocycles. The Bertz CT molecular complexity index is 1810. The van der Waals surface area contributed by atoms with E-state index in [0.29, 0.717) is 34.6 Å². The summed E-state index contributed by atoms with van der Waals surface area (Å²) in [6.45, 7) is 1.33. The number of imidazole rings is 1. The van der Waals surface area contributed by atoms with Crippen LogP contribution in [0.3, 0.4) is 0 Å². The van der Waals surface area contributed by atoms with Gasteiger partial charge in [0.05, 0.1) is 47.5 Å². The molecule has 0 bridgehead atoms. The summed E-state index contributed by atoms with van der Waals surface area (Å²) in [5.41, 5.74) is 3.97. The molecule has 2 aromatic carbocycles. The van der Waals surface area contributed by atoms with Gasteiger partial charge in [-0.2, -0.15) is 13.9 Å². The maximum absolute atomic E-state index is 13.3. The SMILES string of the molecule is O=C(O)c1ccc2nc(CN3CCC(c4cccc(OCc5ccc6cnn(C(F)F)c6c5)n4)CC3)n(C[C@@H]3CCO3)c2c1. The van der Waals surface area contributed by atoms with Crippen LogP contribution in [0.2, 0.25) is 0 Å². The molecule has 0 radical (unpaired) electrons. The minimum absolute atomic E-state index is 0.120. The molecule has 2 aliphatic heterocycles. The first-order chi connectivity index (χ1) is 21.4. The number of halogens is 2. The molecule has 0 amide bonds. The number of benzene rings is 2. The molecule has 1 atom stereocenters. The minimum atomic E-state index is -2.70. The summed E-state index contributed by atoms with van der Waals surface area (Å²) < 4.78 is 41.0. The summed E-state index contributed by atoms with van der Waals surface area (Å²) >= 11 is 0. The molecular weight excluding hydrogens is 570 g/mol. The third-order valence-corrected chi connectivity index (χ3v) is 8.60. The molecule has 0 saturated carbocycles. The Labute approximate surface area is 251 Å². The monoisotopic (exact) mass is 602 g/mol. The number of carboxylic acid groups (broad SMARTS) is 1. The van der Waals surface area contributed by atoms with E-state index in [1.807, 2.05) is 24.3 Å². The van der Waals surface area contributed by atoms with E-state index in [4.69, 9.17) is 19.4 Å². The predicted octanol–water partition coefficient (Wildman–Crippen LogP) is 5.62. The molecule has 3 aromatic heterocycles. The largest absolute Gasteiger partial charge is 0.478 e. The van der Waals surface area contributed by atoms with Crippen LogP contribution < -0.4 is 4.74 Å². The lowest BCUT2D eigenvalue weighted by Crippen LogP contribution is -2.35. The predicted molar refractivity (Wildman–Crippen MR) is 158 cm³/mol. The summed E-state index contributed by atoms with van der Waals surface area (Å²) in [4.78, 5) is 23.6. The van der Waals surface area contributed by atoms with Crippen molar-refractivity contribution in [1.82, 2.24) is 29.2 Å². The Hall–Kier alpha value is -4.42. The summed E-state index contributed by atoms with van der Waals surface area (Å²) in [5.74, 6) is 0.748. The zero-order chi connectivity index (χ0) is 30.2. The average molecular weight is 603 g/mol. The van der Waals surface area contributed by atoms with Crippen LogP contribution >= 0.6 is 0 Å². The van der Waals surface area contributed by atoms with Crippen LogP contribution in [0.25, 0.3) is 21.9 Å². The number of carbonyl (C=O) groups is 1. The van der Waals surface area contributed by atoms with Crippen molar-refractivity contribution in [2.24, 2.45) is 0 Å². The molecule has 2 saturated heterocycles. The highest BCUT2D eigenvalue weighted by Gasteiger charge is 2.26. The second-order valence-electron chi connectivity index (χ2n) is 11.4. The summed E-state index contributed by atoms with van der Waals surface area (Å²) in [6.07, 6.45) is 4.40. The third-order valence-electron chi connectivity index (χ3n) is 8.60. The molecule has 0 spiro atoms. The summed E-state index contributed by atoms with van der Waals surface area (Å²) in [6, 6.07) is 16.1. The van der Waals surface area contributed by atoms with Gasteiger partial charge in [0.15, 0.2) is 0 Å². The van der Waals surface area contributed by atoms with E-state index in [2.05, 4.69) is 14.6 Å². The maximum atomic E-state index is 13.3. The number of aromatic nitrogens is 5. The fourth-order valence-electron chi connectivity index (χ4n) is 6.07.